The van der Waals surface area contributed by atoms with Crippen LogP contribution in [-0.4, -0.2) is 24.6 Å². The van der Waals surface area contributed by atoms with E-state index in [9.17, 15) is 14.0 Å². The highest BCUT2D eigenvalue weighted by Gasteiger charge is 2.11. The van der Waals surface area contributed by atoms with Crippen LogP contribution in [0, 0.1) is 5.82 Å². The van der Waals surface area contributed by atoms with Crippen molar-refractivity contribution in [1.29, 1.82) is 0 Å². The number of hydrogen-bond acceptors (Lipinski definition) is 4. The lowest BCUT2D eigenvalue weighted by Gasteiger charge is -2.09. The predicted octanol–water partition coefficient (Wildman–Crippen LogP) is 2.38. The molecule has 0 heterocycles. The van der Waals surface area contributed by atoms with Gasteiger partial charge in [0.25, 0.3) is 0 Å². The van der Waals surface area contributed by atoms with Crippen LogP contribution in [0.4, 0.5) is 4.39 Å². The number of carbonyl (C=O) groups excluding carboxylic acids is 2. The highest BCUT2D eigenvalue weighted by atomic mass is 19.1. The summed E-state index contributed by atoms with van der Waals surface area (Å²) < 4.78 is 19.3. The molecule has 0 radical (unpaired) electrons. The molecule has 0 aliphatic rings. The minimum Gasteiger partial charge on any atom is -0.488 e. The van der Waals surface area contributed by atoms with Gasteiger partial charge in [-0.1, -0.05) is 37.3 Å². The van der Waals surface area contributed by atoms with Gasteiger partial charge < -0.3 is 10.1 Å². The number of rotatable bonds is 7. The Morgan fingerprint density at radius 1 is 1.12 bits per heavy atom. The van der Waals surface area contributed by atoms with Gasteiger partial charge in [0.15, 0.2) is 0 Å². The van der Waals surface area contributed by atoms with Crippen molar-refractivity contribution < 1.29 is 18.7 Å². The van der Waals surface area contributed by atoms with E-state index in [1.54, 1.807) is 42.5 Å². The Bertz CT molecular complexity index is 793. The fraction of sp³-hybridized carbons (Fsp3) is 0.211. The van der Waals surface area contributed by atoms with Crippen molar-refractivity contribution in [2.24, 2.45) is 5.10 Å². The maximum absolute atomic E-state index is 13.7. The van der Waals surface area contributed by atoms with Crippen molar-refractivity contribution in [2.45, 2.75) is 20.0 Å². The van der Waals surface area contributed by atoms with Crippen LogP contribution in [0.5, 0.6) is 5.75 Å². The van der Waals surface area contributed by atoms with Gasteiger partial charge in [-0.25, -0.2) is 9.82 Å². The summed E-state index contributed by atoms with van der Waals surface area (Å²) in [6, 6.07) is 13.3. The molecule has 0 aliphatic heterocycles. The van der Waals surface area contributed by atoms with Gasteiger partial charge in [0.2, 0.25) is 0 Å². The molecule has 6 nitrogen and oxygen atoms in total. The number of para-hydroxylation sites is 1. The Hall–Kier alpha value is -3.22. The van der Waals surface area contributed by atoms with Crippen molar-refractivity contribution in [1.82, 2.24) is 10.7 Å². The summed E-state index contributed by atoms with van der Waals surface area (Å²) in [7, 11) is 0. The van der Waals surface area contributed by atoms with Crippen LogP contribution in [-0.2, 0) is 16.2 Å². The normalized spacial score (nSPS) is 10.5. The minimum absolute atomic E-state index is 0.0588. The third kappa shape index (κ3) is 5.70. The van der Waals surface area contributed by atoms with Crippen molar-refractivity contribution in [3.63, 3.8) is 0 Å². The second-order valence-electron chi connectivity index (χ2n) is 5.37. The number of halogens is 1. The van der Waals surface area contributed by atoms with Gasteiger partial charge in [-0.3, -0.25) is 9.59 Å². The summed E-state index contributed by atoms with van der Waals surface area (Å²) in [6.07, 6.45) is 2.09. The summed E-state index contributed by atoms with van der Waals surface area (Å²) in [5.74, 6) is -1.46. The van der Waals surface area contributed by atoms with Gasteiger partial charge in [-0.2, -0.15) is 5.10 Å². The van der Waals surface area contributed by atoms with Crippen LogP contribution < -0.4 is 15.5 Å². The molecule has 26 heavy (non-hydrogen) atoms. The summed E-state index contributed by atoms with van der Waals surface area (Å²) in [5.41, 5.74) is 3.17. The molecule has 2 N–H and O–H groups in total. The molecule has 0 saturated carbocycles. The molecule has 136 valence electrons. The topological polar surface area (TPSA) is 79.8 Å². The van der Waals surface area contributed by atoms with Crippen LogP contribution in [0.2, 0.25) is 0 Å². The largest absolute Gasteiger partial charge is 0.488 e. The fourth-order valence-electron chi connectivity index (χ4n) is 2.02. The Kier molecular flexibility index (Phi) is 7.30. The number of amides is 2. The van der Waals surface area contributed by atoms with Crippen LogP contribution in [0.25, 0.3) is 0 Å². The van der Waals surface area contributed by atoms with Crippen molar-refractivity contribution in [3.05, 3.63) is 65.5 Å². The van der Waals surface area contributed by atoms with E-state index < -0.39 is 11.8 Å². The predicted molar refractivity (Wildman–Crippen MR) is 96.2 cm³/mol. The van der Waals surface area contributed by atoms with E-state index in [-0.39, 0.29) is 12.4 Å². The summed E-state index contributed by atoms with van der Waals surface area (Å²) in [5, 5.41) is 6.22. The third-order valence-corrected chi connectivity index (χ3v) is 3.37. The number of ether oxygens (including phenoxy) is 1. The molecule has 7 heteroatoms. The molecule has 0 aromatic heterocycles. The number of hydrogen-bond donors (Lipinski definition) is 2. The smallest absolute Gasteiger partial charge is 0.329 e. The highest BCUT2D eigenvalue weighted by Crippen LogP contribution is 2.18. The monoisotopic (exact) mass is 357 g/mol. The summed E-state index contributed by atoms with van der Waals surface area (Å²) >= 11 is 0. The maximum Gasteiger partial charge on any atom is 0.329 e. The molecular weight excluding hydrogens is 337 g/mol. The van der Waals surface area contributed by atoms with Crippen LogP contribution >= 0.6 is 0 Å². The Morgan fingerprint density at radius 3 is 2.62 bits per heavy atom. The van der Waals surface area contributed by atoms with E-state index in [1.807, 2.05) is 6.92 Å². The molecular formula is C19H20FN3O3. The minimum atomic E-state index is -0.848. The lowest BCUT2D eigenvalue weighted by atomic mass is 10.2. The SMILES string of the molecule is CCCNC(=O)C(=O)N/N=C\c1ccccc1OCc1ccccc1F. The summed E-state index contributed by atoms with van der Waals surface area (Å²) in [6.45, 7) is 2.36. The van der Waals surface area contributed by atoms with Crippen molar-refractivity contribution >= 4 is 18.0 Å². The van der Waals surface area contributed by atoms with E-state index in [0.717, 1.165) is 6.42 Å². The average molecular weight is 357 g/mol. The Morgan fingerprint density at radius 2 is 1.85 bits per heavy atom. The van der Waals surface area contributed by atoms with Gasteiger partial charge in [-0.05, 0) is 24.6 Å². The number of benzene rings is 2. The van der Waals surface area contributed by atoms with Crippen LogP contribution in [0.15, 0.2) is 53.6 Å². The first-order valence-corrected chi connectivity index (χ1v) is 8.18. The van der Waals surface area contributed by atoms with Crippen LogP contribution in [0.1, 0.15) is 24.5 Å². The summed E-state index contributed by atoms with van der Waals surface area (Å²) in [4.78, 5) is 23.0. The lowest BCUT2D eigenvalue weighted by Crippen LogP contribution is -2.38. The molecule has 2 amide bonds. The first-order valence-electron chi connectivity index (χ1n) is 8.18. The van der Waals surface area contributed by atoms with E-state index in [2.05, 4.69) is 15.8 Å². The molecule has 2 aromatic rings. The molecule has 0 aliphatic carbocycles. The zero-order valence-corrected chi connectivity index (χ0v) is 14.4. The van der Waals surface area contributed by atoms with Crippen molar-refractivity contribution in [3.8, 4) is 5.75 Å². The molecule has 2 aromatic carbocycles. The quantitative estimate of drug-likeness (QED) is 0.454. The number of nitrogens with zero attached hydrogens (tertiary/aromatic N) is 1. The third-order valence-electron chi connectivity index (χ3n) is 3.37. The average Bonchev–Trinajstić information content (AvgIpc) is 2.66. The zero-order chi connectivity index (χ0) is 18.8. The van der Waals surface area contributed by atoms with E-state index in [1.165, 1.54) is 12.3 Å². The van der Waals surface area contributed by atoms with Gasteiger partial charge >= 0.3 is 11.8 Å². The van der Waals surface area contributed by atoms with Gasteiger partial charge in [-0.15, -0.1) is 0 Å². The Balaban J connectivity index is 1.97. The molecule has 0 spiro atoms. The molecule has 0 atom stereocenters. The molecule has 0 fully saturated rings. The van der Waals surface area contributed by atoms with Gasteiger partial charge in [0.05, 0.1) is 6.21 Å². The first kappa shape index (κ1) is 19.1. The number of nitrogens with one attached hydrogen (secondary N) is 2. The maximum atomic E-state index is 13.7. The Labute approximate surface area is 151 Å². The first-order chi connectivity index (χ1) is 12.6. The van der Waals surface area contributed by atoms with Gasteiger partial charge in [0.1, 0.15) is 18.2 Å². The number of hydrazone groups is 1. The number of carbonyl (C=O) groups is 2. The van der Waals surface area contributed by atoms with Crippen LogP contribution in [0.3, 0.4) is 0 Å². The molecule has 0 saturated heterocycles. The second kappa shape index (κ2) is 9.93. The van der Waals surface area contributed by atoms with E-state index in [4.69, 9.17) is 4.74 Å². The second-order valence-corrected chi connectivity index (χ2v) is 5.37. The van der Waals surface area contributed by atoms with E-state index in [0.29, 0.717) is 23.4 Å². The van der Waals surface area contributed by atoms with Gasteiger partial charge in [0, 0.05) is 17.7 Å². The lowest BCUT2D eigenvalue weighted by molar-refractivity contribution is -0.139. The molecule has 0 unspecified atom stereocenters. The fourth-order valence-corrected chi connectivity index (χ4v) is 2.02. The highest BCUT2D eigenvalue weighted by molar-refractivity contribution is 6.35. The standard InChI is InChI=1S/C19H20FN3O3/c1-2-11-21-18(24)19(25)23-22-12-14-7-4-6-10-17(14)26-13-15-8-3-5-9-16(15)20/h3-10,12H,2,11,13H2,1H3,(H,21,24)(H,23,25)/b22-12-. The zero-order valence-electron chi connectivity index (χ0n) is 14.4. The van der Waals surface area contributed by atoms with Crippen molar-refractivity contribution in [2.75, 3.05) is 6.54 Å². The van der Waals surface area contributed by atoms with E-state index >= 15 is 0 Å². The molecule has 2 rings (SSSR count). The molecule has 0 bridgehead atoms.